The van der Waals surface area contributed by atoms with Crippen LogP contribution in [0.5, 0.6) is 0 Å². The van der Waals surface area contributed by atoms with E-state index in [2.05, 4.69) is 20.3 Å². The van der Waals surface area contributed by atoms with E-state index in [0.29, 0.717) is 16.6 Å². The number of aromatic nitrogens is 4. The highest BCUT2D eigenvalue weighted by molar-refractivity contribution is 5.92. The van der Waals surface area contributed by atoms with Crippen LogP contribution in [-0.2, 0) is 4.79 Å². The number of carboxylic acid groups (broad SMARTS) is 1. The van der Waals surface area contributed by atoms with E-state index in [1.54, 1.807) is 6.20 Å². The molecule has 0 amide bonds. The SMILES string of the molecule is O=C(O)[C@H]1C2CCC(CC2)[C@@H]1Nc1nc(-c2c[nH]c3ncc(F)cc23)cn(-c2ccc(F)c(F)c2)c1=O. The zero-order chi connectivity index (χ0) is 25.8. The molecule has 2 bridgehead atoms. The van der Waals surface area contributed by atoms with Gasteiger partial charge in [-0.2, -0.15) is 0 Å². The molecule has 8 nitrogen and oxygen atoms in total. The first-order valence-electron chi connectivity index (χ1n) is 12.0. The van der Waals surface area contributed by atoms with E-state index in [0.717, 1.165) is 48.6 Å². The van der Waals surface area contributed by atoms with Gasteiger partial charge in [0.2, 0.25) is 0 Å². The number of aliphatic carboxylic acids is 1. The third-order valence-electron chi connectivity index (χ3n) is 7.67. The molecule has 3 fully saturated rings. The van der Waals surface area contributed by atoms with Crippen molar-refractivity contribution in [1.82, 2.24) is 19.5 Å². The number of nitrogens with zero attached hydrogens (tertiary/aromatic N) is 3. The number of hydrogen-bond donors (Lipinski definition) is 3. The minimum atomic E-state index is -1.13. The summed E-state index contributed by atoms with van der Waals surface area (Å²) in [5.74, 6) is -4.44. The number of carbonyl (C=O) groups is 1. The second-order valence-electron chi connectivity index (χ2n) is 9.71. The maximum Gasteiger partial charge on any atom is 0.308 e. The molecule has 7 rings (SSSR count). The second kappa shape index (κ2) is 8.75. The van der Waals surface area contributed by atoms with E-state index >= 15 is 0 Å². The first-order chi connectivity index (χ1) is 17.8. The number of halogens is 3. The van der Waals surface area contributed by atoms with Gasteiger partial charge in [-0.05, 0) is 55.7 Å². The van der Waals surface area contributed by atoms with Crippen molar-refractivity contribution >= 4 is 22.8 Å². The van der Waals surface area contributed by atoms with Gasteiger partial charge >= 0.3 is 5.97 Å². The van der Waals surface area contributed by atoms with Crippen LogP contribution in [0.3, 0.4) is 0 Å². The van der Waals surface area contributed by atoms with Gasteiger partial charge in [-0.15, -0.1) is 0 Å². The van der Waals surface area contributed by atoms with Crippen LogP contribution < -0.4 is 10.9 Å². The zero-order valence-electron chi connectivity index (χ0n) is 19.4. The smallest absolute Gasteiger partial charge is 0.308 e. The van der Waals surface area contributed by atoms with Gasteiger partial charge in [0.15, 0.2) is 17.5 Å². The van der Waals surface area contributed by atoms with Crippen LogP contribution in [-0.4, -0.2) is 36.6 Å². The quantitative estimate of drug-likeness (QED) is 0.365. The average molecular weight is 509 g/mol. The number of H-pyrrole nitrogens is 1. The molecule has 0 aliphatic heterocycles. The minimum Gasteiger partial charge on any atom is -0.481 e. The third kappa shape index (κ3) is 3.94. The van der Waals surface area contributed by atoms with Crippen molar-refractivity contribution in [2.75, 3.05) is 5.32 Å². The monoisotopic (exact) mass is 509 g/mol. The Bertz CT molecular complexity index is 1590. The van der Waals surface area contributed by atoms with Crippen molar-refractivity contribution in [2.45, 2.75) is 31.7 Å². The lowest BCUT2D eigenvalue weighted by Crippen LogP contribution is -2.52. The minimum absolute atomic E-state index is 0.000676. The van der Waals surface area contributed by atoms with Crippen molar-refractivity contribution in [2.24, 2.45) is 17.8 Å². The highest BCUT2D eigenvalue weighted by Crippen LogP contribution is 2.46. The van der Waals surface area contributed by atoms with Crippen molar-refractivity contribution in [3.63, 3.8) is 0 Å². The topological polar surface area (TPSA) is 113 Å². The van der Waals surface area contributed by atoms with Crippen LogP contribution in [0, 0.1) is 35.2 Å². The molecule has 4 aromatic rings. The number of carboxylic acids is 1. The number of hydrogen-bond acceptors (Lipinski definition) is 5. The molecule has 0 spiro atoms. The highest BCUT2D eigenvalue weighted by atomic mass is 19.2. The second-order valence-corrected chi connectivity index (χ2v) is 9.71. The Hall–Kier alpha value is -4.15. The fourth-order valence-electron chi connectivity index (χ4n) is 5.90. The molecular formula is C26H22F3N5O3. The Morgan fingerprint density at radius 2 is 1.84 bits per heavy atom. The maximum atomic E-state index is 14.1. The summed E-state index contributed by atoms with van der Waals surface area (Å²) in [5, 5.41) is 13.5. The molecule has 1 aromatic carbocycles. The predicted molar refractivity (Wildman–Crippen MR) is 129 cm³/mol. The highest BCUT2D eigenvalue weighted by Gasteiger charge is 2.47. The van der Waals surface area contributed by atoms with Gasteiger partial charge in [-0.1, -0.05) is 0 Å². The fraction of sp³-hybridized carbons (Fsp3) is 0.308. The number of aromatic amines is 1. The summed E-state index contributed by atoms with van der Waals surface area (Å²) in [7, 11) is 0. The molecule has 2 atom stereocenters. The number of benzene rings is 1. The molecule has 3 N–H and O–H groups in total. The predicted octanol–water partition coefficient (Wildman–Crippen LogP) is 4.49. The van der Waals surface area contributed by atoms with Crippen LogP contribution in [0.4, 0.5) is 19.0 Å². The molecule has 3 aliphatic carbocycles. The normalized spacial score (nSPS) is 22.9. The lowest BCUT2D eigenvalue weighted by atomic mass is 9.61. The average Bonchev–Trinajstić information content (AvgIpc) is 3.30. The molecule has 0 radical (unpaired) electrons. The Kier molecular flexibility index (Phi) is 5.50. The molecule has 37 heavy (non-hydrogen) atoms. The third-order valence-corrected chi connectivity index (χ3v) is 7.67. The van der Waals surface area contributed by atoms with Gasteiger partial charge in [0, 0.05) is 35.5 Å². The molecule has 0 saturated heterocycles. The van der Waals surface area contributed by atoms with Gasteiger partial charge in [-0.25, -0.2) is 23.1 Å². The fourth-order valence-corrected chi connectivity index (χ4v) is 5.90. The standard InChI is InChI=1S/C26H22F3N5O3/c27-14-7-16-17(10-31-23(16)30-9-14)20-11-34(15-5-6-18(28)19(29)8-15)25(35)24(32-20)33-22-13-3-1-12(2-4-13)21(22)26(36)37/h5-13,21-22H,1-4H2,(H,30,31)(H,32,33)(H,36,37)/t12?,13?,21-,22-/m0/s1. The Morgan fingerprint density at radius 1 is 1.08 bits per heavy atom. The van der Waals surface area contributed by atoms with E-state index in [-0.39, 0.29) is 29.0 Å². The van der Waals surface area contributed by atoms with Gasteiger partial charge < -0.3 is 15.4 Å². The molecule has 190 valence electrons. The summed E-state index contributed by atoms with van der Waals surface area (Å²) in [5.41, 5.74) is 0.470. The van der Waals surface area contributed by atoms with Crippen molar-refractivity contribution < 1.29 is 23.1 Å². The van der Waals surface area contributed by atoms with E-state index < -0.39 is 40.9 Å². The van der Waals surface area contributed by atoms with Crippen LogP contribution in [0.2, 0.25) is 0 Å². The zero-order valence-corrected chi connectivity index (χ0v) is 19.4. The number of rotatable bonds is 5. The van der Waals surface area contributed by atoms with E-state index in [1.165, 1.54) is 18.3 Å². The first kappa shape index (κ1) is 23.3. The number of anilines is 1. The van der Waals surface area contributed by atoms with Gasteiger partial charge in [0.05, 0.1) is 23.5 Å². The van der Waals surface area contributed by atoms with Crippen LogP contribution >= 0.6 is 0 Å². The van der Waals surface area contributed by atoms with Crippen molar-refractivity contribution in [3.05, 3.63) is 70.7 Å². The lowest BCUT2D eigenvalue weighted by Gasteiger charge is -2.47. The molecular weight excluding hydrogens is 487 g/mol. The molecule has 3 aromatic heterocycles. The van der Waals surface area contributed by atoms with E-state index in [4.69, 9.17) is 0 Å². The van der Waals surface area contributed by atoms with Gasteiger partial charge in [0.25, 0.3) is 5.56 Å². The van der Waals surface area contributed by atoms with E-state index in [9.17, 15) is 27.9 Å². The molecule has 3 aliphatic rings. The van der Waals surface area contributed by atoms with Crippen LogP contribution in [0.15, 0.2) is 47.7 Å². The first-order valence-corrected chi connectivity index (χ1v) is 12.0. The Morgan fingerprint density at radius 3 is 2.57 bits per heavy atom. The molecule has 11 heteroatoms. The van der Waals surface area contributed by atoms with Gasteiger partial charge in [-0.3, -0.25) is 14.2 Å². The van der Waals surface area contributed by atoms with Crippen LogP contribution in [0.1, 0.15) is 25.7 Å². The van der Waals surface area contributed by atoms with Crippen molar-refractivity contribution in [1.29, 1.82) is 0 Å². The molecule has 3 saturated carbocycles. The number of nitrogens with one attached hydrogen (secondary N) is 2. The largest absolute Gasteiger partial charge is 0.481 e. The summed E-state index contributed by atoms with van der Waals surface area (Å²) in [6.45, 7) is 0. The van der Waals surface area contributed by atoms with Gasteiger partial charge in [0.1, 0.15) is 11.5 Å². The summed E-state index contributed by atoms with van der Waals surface area (Å²) in [4.78, 5) is 37.2. The van der Waals surface area contributed by atoms with E-state index in [1.807, 2.05) is 0 Å². The Balaban J connectivity index is 1.52. The molecule has 3 heterocycles. The number of pyridine rings is 1. The summed E-state index contributed by atoms with van der Waals surface area (Å²) in [6, 6.07) is 3.82. The lowest BCUT2D eigenvalue weighted by molar-refractivity contribution is -0.148. The van der Waals surface area contributed by atoms with Crippen LogP contribution in [0.25, 0.3) is 28.0 Å². The summed E-state index contributed by atoms with van der Waals surface area (Å²) in [6.07, 6.45) is 7.31. The summed E-state index contributed by atoms with van der Waals surface area (Å²) >= 11 is 0. The maximum absolute atomic E-state index is 14.1. The van der Waals surface area contributed by atoms with Crippen molar-refractivity contribution in [3.8, 4) is 16.9 Å². The Labute approximate surface area is 208 Å². The summed E-state index contributed by atoms with van der Waals surface area (Å²) < 4.78 is 42.8. The number of fused-ring (bicyclic) bond motifs is 4. The molecule has 0 unspecified atom stereocenters.